The number of rotatable bonds is 6. The third kappa shape index (κ3) is 6.86. The van der Waals surface area contributed by atoms with Crippen molar-refractivity contribution in [1.82, 2.24) is 20.1 Å². The molecule has 0 aliphatic heterocycles. The lowest BCUT2D eigenvalue weighted by molar-refractivity contribution is -0.118. The summed E-state index contributed by atoms with van der Waals surface area (Å²) >= 11 is 0. The fourth-order valence-corrected chi connectivity index (χ4v) is 5.49. The van der Waals surface area contributed by atoms with Crippen LogP contribution in [0.2, 0.25) is 0 Å². The van der Waals surface area contributed by atoms with E-state index >= 15 is 0 Å². The van der Waals surface area contributed by atoms with Crippen molar-refractivity contribution in [3.05, 3.63) is 107 Å². The van der Waals surface area contributed by atoms with Crippen LogP contribution in [0.5, 0.6) is 0 Å². The first-order valence-electron chi connectivity index (χ1n) is 12.1. The van der Waals surface area contributed by atoms with Crippen molar-refractivity contribution in [2.45, 2.75) is 11.8 Å². The molecule has 202 valence electrons. The van der Waals surface area contributed by atoms with Crippen LogP contribution in [0.3, 0.4) is 0 Å². The van der Waals surface area contributed by atoms with Gasteiger partial charge in [0.05, 0.1) is 21.0 Å². The molecule has 0 aliphatic rings. The number of aryl methyl sites for hydroxylation is 2. The molecule has 40 heavy (non-hydrogen) atoms. The number of amides is 3. The number of carbonyl (C=O) groups is 3. The molecule has 2 heterocycles. The lowest BCUT2D eigenvalue weighted by Crippen LogP contribution is -2.27. The van der Waals surface area contributed by atoms with Gasteiger partial charge in [-0.1, -0.05) is 36.1 Å². The second kappa shape index (κ2) is 12.2. The summed E-state index contributed by atoms with van der Waals surface area (Å²) in [6.45, 7) is 1.81. The number of aromatic nitrogens is 3. The maximum absolute atomic E-state index is 13.6. The van der Waals surface area contributed by atoms with Crippen molar-refractivity contribution in [3.63, 3.8) is 0 Å². The minimum atomic E-state index is -3.37. The van der Waals surface area contributed by atoms with Crippen LogP contribution in [-0.2, 0) is 21.6 Å². The fraction of sp³-hybridized carbons (Fsp3) is 0.138. The average Bonchev–Trinajstić information content (AvgIpc) is 3.30. The van der Waals surface area contributed by atoms with Gasteiger partial charge in [0.1, 0.15) is 11.4 Å². The van der Waals surface area contributed by atoms with Gasteiger partial charge in [-0.2, -0.15) is 9.46 Å². The normalized spacial score (nSPS) is 11.9. The summed E-state index contributed by atoms with van der Waals surface area (Å²) in [5.41, 5.74) is 2.86. The van der Waals surface area contributed by atoms with Gasteiger partial charge in [0.2, 0.25) is 5.91 Å². The number of benzene rings is 2. The van der Waals surface area contributed by atoms with Gasteiger partial charge in [-0.25, -0.2) is 4.21 Å². The Morgan fingerprint density at radius 3 is 2.42 bits per heavy atom. The topological polar surface area (TPSA) is 135 Å². The largest absolute Gasteiger partial charge is 0.358 e. The summed E-state index contributed by atoms with van der Waals surface area (Å²) in [6.07, 6.45) is 2.79. The Kier molecular flexibility index (Phi) is 8.51. The smallest absolute Gasteiger partial charge is 0.286 e. The van der Waals surface area contributed by atoms with Gasteiger partial charge in [0, 0.05) is 48.2 Å². The Morgan fingerprint density at radius 2 is 1.73 bits per heavy atom. The third-order valence-electron chi connectivity index (χ3n) is 5.64. The zero-order valence-corrected chi connectivity index (χ0v) is 22.9. The Balaban J connectivity index is 1.56. The Morgan fingerprint density at radius 1 is 0.975 bits per heavy atom. The molecule has 4 rings (SSSR count). The maximum Gasteiger partial charge on any atom is 0.286 e. The SMILES string of the molecule is CNC(=O)C[S@@](=O)(=NC(=O)c1cncc(C#Cc2cccc(NC(=O)c3cc(C)nn3C)c2)c1)c1ccccc1. The van der Waals surface area contributed by atoms with Crippen LogP contribution < -0.4 is 10.6 Å². The molecule has 0 unspecified atom stereocenters. The van der Waals surface area contributed by atoms with Crippen LogP contribution in [-0.4, -0.2) is 49.5 Å². The van der Waals surface area contributed by atoms with Gasteiger partial charge in [0.15, 0.2) is 0 Å². The second-order valence-corrected chi connectivity index (χ2v) is 10.9. The molecule has 0 spiro atoms. The molecule has 10 nitrogen and oxygen atoms in total. The number of anilines is 1. The molecule has 0 bridgehead atoms. The van der Waals surface area contributed by atoms with E-state index in [-0.39, 0.29) is 16.4 Å². The number of pyridine rings is 1. The predicted octanol–water partition coefficient (Wildman–Crippen LogP) is 3.19. The summed E-state index contributed by atoms with van der Waals surface area (Å²) in [5.74, 6) is 3.91. The zero-order chi connectivity index (χ0) is 28.7. The molecule has 2 N–H and O–H groups in total. The fourth-order valence-electron chi connectivity index (χ4n) is 3.70. The molecule has 0 aliphatic carbocycles. The number of carbonyl (C=O) groups excluding carboxylic acids is 3. The standard InChI is InChI=1S/C29H26N6O4S/c1-20-14-26(35(3)33-20)29(38)32-24-9-7-8-21(16-24)12-13-22-15-23(18-31-17-22)28(37)34-40(39,19-27(36)30-2)25-10-5-4-6-11-25/h4-11,14-18H,19H2,1-3H3,(H,30,36)(H,32,38)/t40-/m0/s1. The Bertz CT molecular complexity index is 1780. The van der Waals surface area contributed by atoms with Crippen molar-refractivity contribution in [1.29, 1.82) is 0 Å². The summed E-state index contributed by atoms with van der Waals surface area (Å²) < 4.78 is 19.1. The maximum atomic E-state index is 13.6. The van der Waals surface area contributed by atoms with Gasteiger partial charge in [0.25, 0.3) is 11.8 Å². The van der Waals surface area contributed by atoms with E-state index in [0.717, 1.165) is 5.69 Å². The molecular weight excluding hydrogens is 528 g/mol. The highest BCUT2D eigenvalue weighted by Gasteiger charge is 2.20. The van der Waals surface area contributed by atoms with Crippen molar-refractivity contribution < 1.29 is 18.6 Å². The number of nitrogens with one attached hydrogen (secondary N) is 2. The number of hydrogen-bond acceptors (Lipinski definition) is 6. The molecule has 0 saturated carbocycles. The molecule has 0 saturated heterocycles. The lowest BCUT2D eigenvalue weighted by Gasteiger charge is -2.09. The van der Waals surface area contributed by atoms with E-state index in [4.69, 9.17) is 0 Å². The lowest BCUT2D eigenvalue weighted by atomic mass is 10.1. The summed E-state index contributed by atoms with van der Waals surface area (Å²) in [6, 6.07) is 18.4. The van der Waals surface area contributed by atoms with Gasteiger partial charge < -0.3 is 10.6 Å². The van der Waals surface area contributed by atoms with Gasteiger partial charge in [-0.05, 0) is 49.4 Å². The van der Waals surface area contributed by atoms with Crippen LogP contribution >= 0.6 is 0 Å². The number of nitrogens with zero attached hydrogens (tertiary/aromatic N) is 4. The van der Waals surface area contributed by atoms with E-state index < -0.39 is 27.3 Å². The second-order valence-electron chi connectivity index (χ2n) is 8.71. The monoisotopic (exact) mass is 554 g/mol. The van der Waals surface area contributed by atoms with E-state index in [1.165, 1.54) is 30.2 Å². The minimum Gasteiger partial charge on any atom is -0.358 e. The van der Waals surface area contributed by atoms with Gasteiger partial charge in [-0.3, -0.25) is 24.0 Å². The van der Waals surface area contributed by atoms with Crippen molar-refractivity contribution >= 4 is 33.1 Å². The molecule has 0 fully saturated rings. The highest BCUT2D eigenvalue weighted by molar-refractivity contribution is 7.94. The molecule has 4 aromatic rings. The Hall–Kier alpha value is -5.08. The molecular formula is C29H26N6O4S. The van der Waals surface area contributed by atoms with Gasteiger partial charge >= 0.3 is 0 Å². The Labute approximate surface area is 232 Å². The van der Waals surface area contributed by atoms with Crippen LogP contribution in [0, 0.1) is 18.8 Å². The van der Waals surface area contributed by atoms with Gasteiger partial charge in [-0.15, -0.1) is 0 Å². The van der Waals surface area contributed by atoms with Crippen LogP contribution in [0.15, 0.2) is 88.4 Å². The summed E-state index contributed by atoms with van der Waals surface area (Å²) in [5, 5.41) is 9.45. The van der Waals surface area contributed by atoms with Crippen molar-refractivity contribution in [2.24, 2.45) is 11.4 Å². The number of hydrogen-bond donors (Lipinski definition) is 2. The summed E-state index contributed by atoms with van der Waals surface area (Å²) in [4.78, 5) is 42.0. The van der Waals surface area contributed by atoms with Crippen molar-refractivity contribution in [2.75, 3.05) is 18.1 Å². The van der Waals surface area contributed by atoms with Crippen LogP contribution in [0.25, 0.3) is 0 Å². The average molecular weight is 555 g/mol. The summed E-state index contributed by atoms with van der Waals surface area (Å²) in [7, 11) is -0.248. The first-order valence-corrected chi connectivity index (χ1v) is 13.8. The van der Waals surface area contributed by atoms with E-state index in [1.54, 1.807) is 67.7 Å². The molecule has 3 amide bonds. The molecule has 2 aromatic heterocycles. The highest BCUT2D eigenvalue weighted by atomic mass is 32.2. The van der Waals surface area contributed by atoms with Crippen LogP contribution in [0.4, 0.5) is 5.69 Å². The predicted molar refractivity (Wildman–Crippen MR) is 151 cm³/mol. The first kappa shape index (κ1) is 27.9. The molecule has 1 atom stereocenters. The molecule has 0 radical (unpaired) electrons. The minimum absolute atomic E-state index is 0.0832. The van der Waals surface area contributed by atoms with E-state index in [0.29, 0.717) is 22.5 Å². The molecule has 2 aromatic carbocycles. The quantitative estimate of drug-likeness (QED) is 0.352. The molecule has 11 heteroatoms. The first-order chi connectivity index (χ1) is 19.2. The third-order valence-corrected chi connectivity index (χ3v) is 7.76. The van der Waals surface area contributed by atoms with E-state index in [2.05, 4.69) is 36.9 Å². The van der Waals surface area contributed by atoms with E-state index in [1.807, 2.05) is 6.92 Å². The zero-order valence-electron chi connectivity index (χ0n) is 22.0. The van der Waals surface area contributed by atoms with E-state index in [9.17, 15) is 18.6 Å². The highest BCUT2D eigenvalue weighted by Crippen LogP contribution is 2.17. The van der Waals surface area contributed by atoms with Crippen LogP contribution in [0.1, 0.15) is 37.7 Å². The van der Waals surface area contributed by atoms with Crippen molar-refractivity contribution in [3.8, 4) is 11.8 Å².